The molecule has 1 aromatic heterocycles. The molecule has 0 aliphatic heterocycles. The van der Waals surface area contributed by atoms with Crippen LogP contribution in [0.1, 0.15) is 34.0 Å². The fraction of sp³-hybridized carbons (Fsp3) is 0.217. The van der Waals surface area contributed by atoms with Crippen molar-refractivity contribution in [2.75, 3.05) is 12.4 Å². The Hall–Kier alpha value is -3.76. The second kappa shape index (κ2) is 9.62. The molecule has 0 fully saturated rings. The number of amides is 2. The maximum atomic E-state index is 13.6. The van der Waals surface area contributed by atoms with E-state index in [0.717, 1.165) is 48.2 Å². The first kappa shape index (κ1) is 24.9. The second-order valence-electron chi connectivity index (χ2n) is 7.29. The van der Waals surface area contributed by atoms with Crippen LogP contribution >= 0.6 is 0 Å². The summed E-state index contributed by atoms with van der Waals surface area (Å²) in [6, 6.07) is 7.80. The molecule has 0 saturated carbocycles. The van der Waals surface area contributed by atoms with E-state index >= 15 is 0 Å². The minimum atomic E-state index is -4.81. The summed E-state index contributed by atoms with van der Waals surface area (Å²) in [5, 5.41) is 4.89. The number of rotatable bonds is 5. The first-order chi connectivity index (χ1) is 15.9. The number of nitrogens with one attached hydrogen (secondary N) is 2. The molecule has 2 amide bonds. The molecule has 1 unspecified atom stereocenters. The van der Waals surface area contributed by atoms with Gasteiger partial charge < -0.3 is 15.4 Å². The lowest BCUT2D eigenvalue weighted by molar-refractivity contribution is -0.139. The van der Waals surface area contributed by atoms with E-state index in [2.05, 4.69) is 15.6 Å². The molecule has 2 aromatic carbocycles. The van der Waals surface area contributed by atoms with Gasteiger partial charge >= 0.3 is 18.4 Å². The number of hydrogen-bond donors (Lipinski definition) is 2. The highest BCUT2D eigenvalue weighted by Crippen LogP contribution is 2.36. The molecule has 0 aliphatic carbocycles. The third-order valence-corrected chi connectivity index (χ3v) is 4.87. The first-order valence-electron chi connectivity index (χ1n) is 9.81. The number of nitrogens with zero attached hydrogens (tertiary/aromatic N) is 1. The SMILES string of the molecule is COc1ccc(C)cc1NC(=O)NC(c1ccc(C(F)(F)F)cc1)c1ncccc1C(F)(F)F. The Kier molecular flexibility index (Phi) is 7.04. The second-order valence-corrected chi connectivity index (χ2v) is 7.29. The number of aryl methyl sites for hydroxylation is 1. The summed E-state index contributed by atoms with van der Waals surface area (Å²) in [5.74, 6) is 0.306. The minimum absolute atomic E-state index is 0.0245. The number of methoxy groups -OCH3 is 1. The molecule has 0 bridgehead atoms. The van der Waals surface area contributed by atoms with Gasteiger partial charge in [0.05, 0.1) is 35.7 Å². The van der Waals surface area contributed by atoms with Crippen LogP contribution in [-0.2, 0) is 12.4 Å². The molecule has 0 spiro atoms. The van der Waals surface area contributed by atoms with Crippen molar-refractivity contribution in [3.63, 3.8) is 0 Å². The van der Waals surface area contributed by atoms with Crippen LogP contribution in [0.15, 0.2) is 60.8 Å². The van der Waals surface area contributed by atoms with E-state index in [0.29, 0.717) is 5.75 Å². The molecular formula is C23H19F6N3O2. The largest absolute Gasteiger partial charge is 0.495 e. The number of anilines is 1. The molecule has 5 nitrogen and oxygen atoms in total. The molecule has 11 heteroatoms. The Morgan fingerprint density at radius 3 is 2.24 bits per heavy atom. The quantitative estimate of drug-likeness (QED) is 0.416. The fourth-order valence-corrected chi connectivity index (χ4v) is 3.27. The highest BCUT2D eigenvalue weighted by molar-refractivity contribution is 5.91. The highest BCUT2D eigenvalue weighted by Gasteiger charge is 2.37. The van der Waals surface area contributed by atoms with Crippen LogP contribution in [0.2, 0.25) is 0 Å². The Balaban J connectivity index is 2.01. The molecule has 1 atom stereocenters. The maximum absolute atomic E-state index is 13.6. The van der Waals surface area contributed by atoms with Crippen molar-refractivity contribution in [1.29, 1.82) is 0 Å². The number of aromatic nitrogens is 1. The van der Waals surface area contributed by atoms with Crippen LogP contribution < -0.4 is 15.4 Å². The number of carbonyl (C=O) groups is 1. The highest BCUT2D eigenvalue weighted by atomic mass is 19.4. The molecule has 34 heavy (non-hydrogen) atoms. The van der Waals surface area contributed by atoms with Crippen LogP contribution in [0, 0.1) is 6.92 Å². The van der Waals surface area contributed by atoms with Crippen molar-refractivity contribution in [2.45, 2.75) is 25.3 Å². The number of carbonyl (C=O) groups excluding carboxylic acids is 1. The van der Waals surface area contributed by atoms with Crippen molar-refractivity contribution in [1.82, 2.24) is 10.3 Å². The number of alkyl halides is 6. The van der Waals surface area contributed by atoms with Crippen molar-refractivity contribution < 1.29 is 35.9 Å². The van der Waals surface area contributed by atoms with E-state index < -0.39 is 41.2 Å². The van der Waals surface area contributed by atoms with Crippen molar-refractivity contribution in [3.8, 4) is 5.75 Å². The van der Waals surface area contributed by atoms with E-state index in [1.54, 1.807) is 25.1 Å². The lowest BCUT2D eigenvalue weighted by atomic mass is 9.98. The number of urea groups is 1. The summed E-state index contributed by atoms with van der Waals surface area (Å²) in [4.78, 5) is 16.6. The zero-order valence-electron chi connectivity index (χ0n) is 17.9. The average Bonchev–Trinajstić information content (AvgIpc) is 2.76. The third-order valence-electron chi connectivity index (χ3n) is 4.87. The van der Waals surface area contributed by atoms with Gasteiger partial charge in [-0.2, -0.15) is 26.3 Å². The Labute approximate surface area is 190 Å². The summed E-state index contributed by atoms with van der Waals surface area (Å²) in [5.41, 5.74) is -1.68. The van der Waals surface area contributed by atoms with Gasteiger partial charge in [-0.25, -0.2) is 4.79 Å². The summed E-state index contributed by atoms with van der Waals surface area (Å²) in [7, 11) is 1.38. The van der Waals surface area contributed by atoms with Crippen molar-refractivity contribution >= 4 is 11.7 Å². The van der Waals surface area contributed by atoms with Crippen molar-refractivity contribution in [3.05, 3.63) is 88.7 Å². The molecular weight excluding hydrogens is 464 g/mol. The number of hydrogen-bond acceptors (Lipinski definition) is 3. The molecule has 3 aromatic rings. The van der Waals surface area contributed by atoms with Crippen LogP contribution in [0.3, 0.4) is 0 Å². The summed E-state index contributed by atoms with van der Waals surface area (Å²) in [6.45, 7) is 1.76. The maximum Gasteiger partial charge on any atom is 0.418 e. The fourth-order valence-electron chi connectivity index (χ4n) is 3.27. The van der Waals surface area contributed by atoms with Crippen LogP contribution in [0.4, 0.5) is 36.8 Å². The lowest BCUT2D eigenvalue weighted by Crippen LogP contribution is -2.35. The van der Waals surface area contributed by atoms with Gasteiger partial charge in [0.1, 0.15) is 5.75 Å². The molecule has 180 valence electrons. The Morgan fingerprint density at radius 2 is 1.65 bits per heavy atom. The Bertz CT molecular complexity index is 1160. The Morgan fingerprint density at radius 1 is 0.971 bits per heavy atom. The van der Waals surface area contributed by atoms with E-state index in [1.807, 2.05) is 0 Å². The molecule has 0 aliphatic rings. The van der Waals surface area contributed by atoms with Crippen LogP contribution in [-0.4, -0.2) is 18.1 Å². The third kappa shape index (κ3) is 5.77. The summed E-state index contributed by atoms with van der Waals surface area (Å²) in [6.07, 6.45) is -8.35. The number of halogens is 6. The van der Waals surface area contributed by atoms with Gasteiger partial charge in [-0.05, 0) is 54.4 Å². The molecule has 2 N–H and O–H groups in total. The molecule has 0 saturated heterocycles. The average molecular weight is 483 g/mol. The predicted octanol–water partition coefficient (Wildman–Crippen LogP) is 6.35. The first-order valence-corrected chi connectivity index (χ1v) is 9.81. The number of pyridine rings is 1. The molecule has 1 heterocycles. The monoisotopic (exact) mass is 483 g/mol. The lowest BCUT2D eigenvalue weighted by Gasteiger charge is -2.23. The van der Waals surface area contributed by atoms with Gasteiger partial charge in [0.25, 0.3) is 0 Å². The van der Waals surface area contributed by atoms with Crippen LogP contribution in [0.25, 0.3) is 0 Å². The van der Waals surface area contributed by atoms with Crippen molar-refractivity contribution in [2.24, 2.45) is 0 Å². The van der Waals surface area contributed by atoms with Gasteiger partial charge in [0.2, 0.25) is 0 Å². The van der Waals surface area contributed by atoms with Gasteiger partial charge in [-0.1, -0.05) is 18.2 Å². The zero-order valence-corrected chi connectivity index (χ0v) is 17.9. The number of benzene rings is 2. The van der Waals surface area contributed by atoms with E-state index in [1.165, 1.54) is 7.11 Å². The van der Waals surface area contributed by atoms with Gasteiger partial charge in [-0.3, -0.25) is 4.98 Å². The zero-order chi connectivity index (χ0) is 25.1. The van der Waals surface area contributed by atoms with Gasteiger partial charge in [0.15, 0.2) is 0 Å². The minimum Gasteiger partial charge on any atom is -0.495 e. The smallest absolute Gasteiger partial charge is 0.418 e. The van der Waals surface area contributed by atoms with Crippen LogP contribution in [0.5, 0.6) is 5.75 Å². The molecule has 3 rings (SSSR count). The summed E-state index contributed by atoms with van der Waals surface area (Å²) < 4.78 is 85.0. The normalized spacial score (nSPS) is 12.7. The van der Waals surface area contributed by atoms with E-state index in [-0.39, 0.29) is 11.3 Å². The number of ether oxygens (including phenoxy) is 1. The topological polar surface area (TPSA) is 63.2 Å². The van der Waals surface area contributed by atoms with E-state index in [9.17, 15) is 31.1 Å². The predicted molar refractivity (Wildman–Crippen MR) is 112 cm³/mol. The van der Waals surface area contributed by atoms with Gasteiger partial charge in [-0.15, -0.1) is 0 Å². The van der Waals surface area contributed by atoms with Gasteiger partial charge in [0, 0.05) is 6.20 Å². The van der Waals surface area contributed by atoms with E-state index in [4.69, 9.17) is 4.74 Å². The summed E-state index contributed by atoms with van der Waals surface area (Å²) >= 11 is 0. The standard InChI is InChI=1S/C23H19F6N3O2/c1-13-5-10-18(34-2)17(12-13)31-21(33)32-19(14-6-8-15(9-7-14)22(24,25)26)20-16(23(27,28)29)4-3-11-30-20/h3-12,19H,1-2H3,(H2,31,32,33). The molecule has 0 radical (unpaired) electrons.